The summed E-state index contributed by atoms with van der Waals surface area (Å²) in [5.41, 5.74) is 0. The van der Waals surface area contributed by atoms with Crippen LogP contribution in [0.2, 0.25) is 0 Å². The van der Waals surface area contributed by atoms with E-state index in [0.717, 1.165) is 12.8 Å². The van der Waals surface area contributed by atoms with Crippen molar-refractivity contribution in [2.75, 3.05) is 6.61 Å². The van der Waals surface area contributed by atoms with Crippen LogP contribution in [0.5, 0.6) is 0 Å². The summed E-state index contributed by atoms with van der Waals surface area (Å²) in [6, 6.07) is 0. The Kier molecular flexibility index (Phi) is 5.12. The van der Waals surface area contributed by atoms with E-state index in [4.69, 9.17) is 5.11 Å². The minimum absolute atomic E-state index is 0.250. The first-order valence-corrected chi connectivity index (χ1v) is 3.11. The molecular weight excluding hydrogens is 116 g/mol. The van der Waals surface area contributed by atoms with Gasteiger partial charge in [-0.1, -0.05) is 6.08 Å². The first kappa shape index (κ1) is 8.37. The summed E-state index contributed by atoms with van der Waals surface area (Å²) in [5, 5.41) is 7.57. The SMILES string of the molecule is CCO.O=C1C=CCC1. The zero-order chi connectivity index (χ0) is 7.11. The lowest BCUT2D eigenvalue weighted by Gasteiger charge is -1.71. The minimum atomic E-state index is 0.250. The first-order valence-electron chi connectivity index (χ1n) is 3.11. The molecule has 52 valence electrons. The Labute approximate surface area is 55.2 Å². The van der Waals surface area contributed by atoms with Crippen LogP contribution < -0.4 is 0 Å². The van der Waals surface area contributed by atoms with E-state index in [1.807, 2.05) is 6.08 Å². The van der Waals surface area contributed by atoms with E-state index in [2.05, 4.69) is 0 Å². The van der Waals surface area contributed by atoms with E-state index in [9.17, 15) is 4.79 Å². The van der Waals surface area contributed by atoms with E-state index in [0.29, 0.717) is 0 Å². The van der Waals surface area contributed by atoms with Crippen LogP contribution in [0, 0.1) is 0 Å². The van der Waals surface area contributed by atoms with E-state index < -0.39 is 0 Å². The number of rotatable bonds is 0. The van der Waals surface area contributed by atoms with Gasteiger partial charge in [0.15, 0.2) is 5.78 Å². The van der Waals surface area contributed by atoms with Gasteiger partial charge in [-0.25, -0.2) is 0 Å². The molecule has 0 saturated heterocycles. The van der Waals surface area contributed by atoms with Gasteiger partial charge in [0.05, 0.1) is 0 Å². The second kappa shape index (κ2) is 5.51. The zero-order valence-electron chi connectivity index (χ0n) is 5.63. The molecule has 0 bridgehead atoms. The second-order valence-electron chi connectivity index (χ2n) is 1.72. The second-order valence-corrected chi connectivity index (χ2v) is 1.72. The molecule has 0 spiro atoms. The maximum Gasteiger partial charge on any atom is 0.155 e. The summed E-state index contributed by atoms with van der Waals surface area (Å²) in [5.74, 6) is 0.273. The summed E-state index contributed by atoms with van der Waals surface area (Å²) in [6.45, 7) is 1.93. The highest BCUT2D eigenvalue weighted by Crippen LogP contribution is 2.01. The van der Waals surface area contributed by atoms with Crippen molar-refractivity contribution in [1.82, 2.24) is 0 Å². The van der Waals surface area contributed by atoms with E-state index in [1.54, 1.807) is 13.0 Å². The van der Waals surface area contributed by atoms with Gasteiger partial charge < -0.3 is 5.11 Å². The number of carbonyl (C=O) groups is 1. The predicted octanol–water partition coefficient (Wildman–Crippen LogP) is 0.904. The molecule has 2 heteroatoms. The molecule has 1 aliphatic rings. The molecule has 0 unspecified atom stereocenters. The number of aliphatic hydroxyl groups is 1. The molecule has 0 heterocycles. The van der Waals surface area contributed by atoms with Gasteiger partial charge in [0.1, 0.15) is 0 Å². The molecule has 2 nitrogen and oxygen atoms in total. The van der Waals surface area contributed by atoms with Crippen LogP contribution in [0.25, 0.3) is 0 Å². The molecular formula is C7H12O2. The number of hydrogen-bond acceptors (Lipinski definition) is 2. The van der Waals surface area contributed by atoms with Crippen LogP contribution >= 0.6 is 0 Å². The van der Waals surface area contributed by atoms with Crippen molar-refractivity contribution in [3.05, 3.63) is 12.2 Å². The maximum absolute atomic E-state index is 10.2. The summed E-state index contributed by atoms with van der Waals surface area (Å²) in [4.78, 5) is 10.2. The Bertz CT molecular complexity index is 105. The summed E-state index contributed by atoms with van der Waals surface area (Å²) >= 11 is 0. The Morgan fingerprint density at radius 3 is 2.44 bits per heavy atom. The highest BCUT2D eigenvalue weighted by atomic mass is 16.2. The standard InChI is InChI=1S/C5H6O.C2H6O/c6-5-3-1-2-4-5;1-2-3/h1,3H,2,4H2;3H,2H2,1H3. The molecule has 0 fully saturated rings. The fourth-order valence-electron chi connectivity index (χ4n) is 0.524. The largest absolute Gasteiger partial charge is 0.397 e. The van der Waals surface area contributed by atoms with Crippen molar-refractivity contribution in [3.63, 3.8) is 0 Å². The van der Waals surface area contributed by atoms with Gasteiger partial charge in [-0.3, -0.25) is 4.79 Å². The molecule has 1 aliphatic carbocycles. The summed E-state index contributed by atoms with van der Waals surface area (Å²) < 4.78 is 0. The number of hydrogen-bond donors (Lipinski definition) is 1. The van der Waals surface area contributed by atoms with Crippen molar-refractivity contribution < 1.29 is 9.90 Å². The van der Waals surface area contributed by atoms with Crippen molar-refractivity contribution in [1.29, 1.82) is 0 Å². The highest BCUT2D eigenvalue weighted by molar-refractivity contribution is 5.91. The van der Waals surface area contributed by atoms with Crippen LogP contribution in [0.4, 0.5) is 0 Å². The molecule has 0 aromatic heterocycles. The highest BCUT2D eigenvalue weighted by Gasteiger charge is 1.98. The van der Waals surface area contributed by atoms with Gasteiger partial charge in [0.2, 0.25) is 0 Å². The fourth-order valence-corrected chi connectivity index (χ4v) is 0.524. The Morgan fingerprint density at radius 1 is 1.78 bits per heavy atom. The normalized spacial score (nSPS) is 15.1. The van der Waals surface area contributed by atoms with Crippen molar-refractivity contribution in [2.45, 2.75) is 19.8 Å². The number of allylic oxidation sites excluding steroid dienone is 2. The monoisotopic (exact) mass is 128 g/mol. The number of carbonyl (C=O) groups excluding carboxylic acids is 1. The zero-order valence-corrected chi connectivity index (χ0v) is 5.63. The van der Waals surface area contributed by atoms with Gasteiger partial charge in [-0.15, -0.1) is 0 Å². The Morgan fingerprint density at radius 2 is 2.33 bits per heavy atom. The van der Waals surface area contributed by atoms with Crippen LogP contribution in [0.3, 0.4) is 0 Å². The lowest BCUT2D eigenvalue weighted by atomic mass is 10.3. The van der Waals surface area contributed by atoms with Crippen LogP contribution in [-0.2, 0) is 4.79 Å². The Balaban J connectivity index is 0.000000187. The third-order valence-electron chi connectivity index (χ3n) is 0.861. The summed E-state index contributed by atoms with van der Waals surface area (Å²) in [6.07, 6.45) is 5.24. The summed E-state index contributed by atoms with van der Waals surface area (Å²) in [7, 11) is 0. The minimum Gasteiger partial charge on any atom is -0.397 e. The third-order valence-corrected chi connectivity index (χ3v) is 0.861. The van der Waals surface area contributed by atoms with Crippen molar-refractivity contribution >= 4 is 5.78 Å². The van der Waals surface area contributed by atoms with Crippen molar-refractivity contribution in [2.24, 2.45) is 0 Å². The van der Waals surface area contributed by atoms with Crippen LogP contribution in [0.1, 0.15) is 19.8 Å². The molecule has 9 heavy (non-hydrogen) atoms. The average molecular weight is 128 g/mol. The van der Waals surface area contributed by atoms with Crippen molar-refractivity contribution in [3.8, 4) is 0 Å². The molecule has 0 aromatic rings. The van der Waals surface area contributed by atoms with Gasteiger partial charge in [-0.2, -0.15) is 0 Å². The molecule has 0 radical (unpaired) electrons. The predicted molar refractivity (Wildman–Crippen MR) is 36.1 cm³/mol. The molecule has 0 aromatic carbocycles. The van der Waals surface area contributed by atoms with Crippen LogP contribution in [0.15, 0.2) is 12.2 Å². The smallest absolute Gasteiger partial charge is 0.155 e. The van der Waals surface area contributed by atoms with Crippen LogP contribution in [-0.4, -0.2) is 17.5 Å². The number of aliphatic hydroxyl groups excluding tert-OH is 1. The molecule has 0 saturated carbocycles. The molecule has 0 atom stereocenters. The molecule has 1 N–H and O–H groups in total. The van der Waals surface area contributed by atoms with Gasteiger partial charge in [-0.05, 0) is 19.4 Å². The van der Waals surface area contributed by atoms with Gasteiger partial charge >= 0.3 is 0 Å². The Hall–Kier alpha value is -0.630. The lowest BCUT2D eigenvalue weighted by molar-refractivity contribution is -0.114. The molecule has 0 aliphatic heterocycles. The van der Waals surface area contributed by atoms with Gasteiger partial charge in [0, 0.05) is 13.0 Å². The third kappa shape index (κ3) is 5.24. The first-order chi connectivity index (χ1) is 4.31. The van der Waals surface area contributed by atoms with E-state index >= 15 is 0 Å². The maximum atomic E-state index is 10.2. The molecule has 0 amide bonds. The fraction of sp³-hybridized carbons (Fsp3) is 0.571. The molecule has 1 rings (SSSR count). The van der Waals surface area contributed by atoms with E-state index in [1.165, 1.54) is 0 Å². The van der Waals surface area contributed by atoms with E-state index in [-0.39, 0.29) is 12.4 Å². The quantitative estimate of drug-likeness (QED) is 0.526. The average Bonchev–Trinajstić information content (AvgIpc) is 2.20. The topological polar surface area (TPSA) is 37.3 Å². The van der Waals surface area contributed by atoms with Gasteiger partial charge in [0.25, 0.3) is 0 Å². The number of ketones is 1. The lowest BCUT2D eigenvalue weighted by Crippen LogP contribution is -1.80.